The van der Waals surface area contributed by atoms with Gasteiger partial charge in [-0.25, -0.2) is 0 Å². The van der Waals surface area contributed by atoms with Crippen molar-refractivity contribution in [3.63, 3.8) is 0 Å². The topological polar surface area (TPSA) is 29.5 Å². The molecule has 0 aliphatic rings. The van der Waals surface area contributed by atoms with E-state index < -0.39 is 5.60 Å². The lowest BCUT2D eigenvalue weighted by Crippen LogP contribution is -2.27. The van der Waals surface area contributed by atoms with Crippen LogP contribution in [0.25, 0.3) is 0 Å². The first-order valence-electron chi connectivity index (χ1n) is 7.22. The van der Waals surface area contributed by atoms with Gasteiger partial charge in [-0.1, -0.05) is 55.8 Å². The third-order valence-corrected chi connectivity index (χ3v) is 3.49. The Morgan fingerprint density at radius 2 is 1.65 bits per heavy atom. The van der Waals surface area contributed by atoms with Crippen molar-refractivity contribution in [3.05, 3.63) is 65.7 Å². The minimum atomic E-state index is -0.955. The van der Waals surface area contributed by atoms with E-state index in [4.69, 9.17) is 4.74 Å². The summed E-state index contributed by atoms with van der Waals surface area (Å²) in [6.07, 6.45) is 1.59. The fourth-order valence-electron chi connectivity index (χ4n) is 2.54. The molecule has 0 radical (unpaired) electrons. The largest absolute Gasteiger partial charge is 0.494 e. The van der Waals surface area contributed by atoms with Gasteiger partial charge in [0.05, 0.1) is 6.61 Å². The van der Waals surface area contributed by atoms with Crippen LogP contribution < -0.4 is 4.74 Å². The van der Waals surface area contributed by atoms with Crippen LogP contribution in [0.1, 0.15) is 37.8 Å². The molecule has 2 nitrogen and oxygen atoms in total. The predicted molar refractivity (Wildman–Crippen MR) is 82.0 cm³/mol. The van der Waals surface area contributed by atoms with Gasteiger partial charge in [0, 0.05) is 0 Å². The summed E-state index contributed by atoms with van der Waals surface area (Å²) >= 11 is 0. The lowest BCUT2D eigenvalue weighted by atomic mass is 9.83. The Morgan fingerprint density at radius 1 is 0.950 bits per heavy atom. The average Bonchev–Trinajstić information content (AvgIpc) is 2.49. The first-order valence-corrected chi connectivity index (χ1v) is 7.22. The highest BCUT2D eigenvalue weighted by molar-refractivity contribution is 5.39. The van der Waals surface area contributed by atoms with E-state index in [1.165, 1.54) is 0 Å². The maximum atomic E-state index is 11.2. The molecule has 1 atom stereocenters. The molecule has 0 heterocycles. The third kappa shape index (κ3) is 3.02. The fraction of sp³-hybridized carbons (Fsp3) is 0.333. The van der Waals surface area contributed by atoms with Crippen LogP contribution in [0.3, 0.4) is 0 Å². The molecule has 0 amide bonds. The van der Waals surface area contributed by atoms with Crippen molar-refractivity contribution in [1.82, 2.24) is 0 Å². The van der Waals surface area contributed by atoms with Crippen molar-refractivity contribution < 1.29 is 9.84 Å². The molecule has 2 aromatic rings. The van der Waals surface area contributed by atoms with E-state index in [2.05, 4.69) is 6.92 Å². The van der Waals surface area contributed by atoms with Gasteiger partial charge in [-0.2, -0.15) is 0 Å². The first-order chi connectivity index (χ1) is 9.70. The van der Waals surface area contributed by atoms with Gasteiger partial charge in [0.15, 0.2) is 0 Å². The van der Waals surface area contributed by atoms with Crippen LogP contribution in [0, 0.1) is 0 Å². The molecule has 0 fully saturated rings. The SMILES string of the molecule is CCCC(O)(c1ccccc1)c1cccc(OCC)c1. The second kappa shape index (κ2) is 6.58. The summed E-state index contributed by atoms with van der Waals surface area (Å²) in [5, 5.41) is 11.2. The van der Waals surface area contributed by atoms with Crippen molar-refractivity contribution in [2.75, 3.05) is 6.61 Å². The summed E-state index contributed by atoms with van der Waals surface area (Å²) in [6, 6.07) is 17.6. The maximum Gasteiger partial charge on any atom is 0.119 e. The van der Waals surface area contributed by atoms with Gasteiger partial charge < -0.3 is 9.84 Å². The van der Waals surface area contributed by atoms with E-state index >= 15 is 0 Å². The molecule has 1 unspecified atom stereocenters. The number of aliphatic hydroxyl groups is 1. The number of ether oxygens (including phenoxy) is 1. The van der Waals surface area contributed by atoms with Gasteiger partial charge in [0.2, 0.25) is 0 Å². The van der Waals surface area contributed by atoms with Gasteiger partial charge in [-0.05, 0) is 36.6 Å². The normalized spacial score (nSPS) is 13.8. The van der Waals surface area contributed by atoms with Gasteiger partial charge in [0.25, 0.3) is 0 Å². The summed E-state index contributed by atoms with van der Waals surface area (Å²) in [7, 11) is 0. The number of hydrogen-bond acceptors (Lipinski definition) is 2. The molecule has 0 aliphatic heterocycles. The highest BCUT2D eigenvalue weighted by Gasteiger charge is 2.30. The van der Waals surface area contributed by atoms with Crippen LogP contribution in [0.4, 0.5) is 0 Å². The van der Waals surface area contributed by atoms with E-state index in [1.807, 2.05) is 61.5 Å². The molecule has 0 aliphatic carbocycles. The number of benzene rings is 2. The highest BCUT2D eigenvalue weighted by Crippen LogP contribution is 2.35. The zero-order chi connectivity index (χ0) is 14.4. The number of hydrogen-bond donors (Lipinski definition) is 1. The molecule has 20 heavy (non-hydrogen) atoms. The molecule has 2 aromatic carbocycles. The lowest BCUT2D eigenvalue weighted by molar-refractivity contribution is 0.0699. The summed E-state index contributed by atoms with van der Waals surface area (Å²) in [4.78, 5) is 0. The van der Waals surface area contributed by atoms with Gasteiger partial charge >= 0.3 is 0 Å². The Labute approximate surface area is 121 Å². The van der Waals surface area contributed by atoms with Crippen molar-refractivity contribution in [2.24, 2.45) is 0 Å². The molecule has 0 saturated carbocycles. The third-order valence-electron chi connectivity index (χ3n) is 3.49. The monoisotopic (exact) mass is 270 g/mol. The molecule has 0 spiro atoms. The Morgan fingerprint density at radius 3 is 2.30 bits per heavy atom. The molecular formula is C18H22O2. The molecule has 2 rings (SSSR count). The van der Waals surface area contributed by atoms with Crippen LogP contribution in [-0.4, -0.2) is 11.7 Å². The molecule has 0 saturated heterocycles. The van der Waals surface area contributed by atoms with Crippen LogP contribution in [-0.2, 0) is 5.60 Å². The van der Waals surface area contributed by atoms with E-state index in [0.717, 1.165) is 23.3 Å². The Balaban J connectivity index is 2.45. The van der Waals surface area contributed by atoms with Crippen molar-refractivity contribution in [3.8, 4) is 5.75 Å². The molecule has 0 bridgehead atoms. The minimum absolute atomic E-state index is 0.626. The summed E-state index contributed by atoms with van der Waals surface area (Å²) < 4.78 is 5.54. The summed E-state index contributed by atoms with van der Waals surface area (Å²) in [6.45, 7) is 4.67. The maximum absolute atomic E-state index is 11.2. The lowest BCUT2D eigenvalue weighted by Gasteiger charge is -2.29. The Hall–Kier alpha value is -1.80. The quantitative estimate of drug-likeness (QED) is 0.855. The molecule has 0 aromatic heterocycles. The predicted octanol–water partition coefficient (Wildman–Crippen LogP) is 4.12. The van der Waals surface area contributed by atoms with Gasteiger partial charge in [-0.3, -0.25) is 0 Å². The second-order valence-electron chi connectivity index (χ2n) is 4.94. The Bertz CT molecular complexity index is 536. The van der Waals surface area contributed by atoms with E-state index in [-0.39, 0.29) is 0 Å². The van der Waals surface area contributed by atoms with Gasteiger partial charge in [-0.15, -0.1) is 0 Å². The van der Waals surface area contributed by atoms with Crippen molar-refractivity contribution in [1.29, 1.82) is 0 Å². The standard InChI is InChI=1S/C18H22O2/c1-3-13-18(19,15-9-6-5-7-10-15)16-11-8-12-17(14-16)20-4-2/h5-12,14,19H,3-4,13H2,1-2H3. The summed E-state index contributed by atoms with van der Waals surface area (Å²) in [5.41, 5.74) is 0.857. The fourth-order valence-corrected chi connectivity index (χ4v) is 2.54. The first kappa shape index (κ1) is 14.6. The Kier molecular flexibility index (Phi) is 4.80. The van der Waals surface area contributed by atoms with Crippen molar-refractivity contribution in [2.45, 2.75) is 32.3 Å². The van der Waals surface area contributed by atoms with Crippen LogP contribution >= 0.6 is 0 Å². The smallest absolute Gasteiger partial charge is 0.119 e. The zero-order valence-electron chi connectivity index (χ0n) is 12.2. The summed E-state index contributed by atoms with van der Waals surface area (Å²) in [5.74, 6) is 0.801. The van der Waals surface area contributed by atoms with Crippen LogP contribution in [0.2, 0.25) is 0 Å². The van der Waals surface area contributed by atoms with Gasteiger partial charge in [0.1, 0.15) is 11.4 Å². The van der Waals surface area contributed by atoms with Crippen molar-refractivity contribution >= 4 is 0 Å². The second-order valence-corrected chi connectivity index (χ2v) is 4.94. The number of rotatable bonds is 6. The van der Waals surface area contributed by atoms with Crippen LogP contribution in [0.5, 0.6) is 5.75 Å². The molecule has 2 heteroatoms. The zero-order valence-corrected chi connectivity index (χ0v) is 12.2. The molecular weight excluding hydrogens is 248 g/mol. The molecule has 106 valence electrons. The van der Waals surface area contributed by atoms with E-state index in [0.29, 0.717) is 13.0 Å². The van der Waals surface area contributed by atoms with E-state index in [9.17, 15) is 5.11 Å². The average molecular weight is 270 g/mol. The molecule has 1 N–H and O–H groups in total. The highest BCUT2D eigenvalue weighted by atomic mass is 16.5. The minimum Gasteiger partial charge on any atom is -0.494 e. The van der Waals surface area contributed by atoms with Crippen LogP contribution in [0.15, 0.2) is 54.6 Å². The van der Waals surface area contributed by atoms with E-state index in [1.54, 1.807) is 0 Å².